The van der Waals surface area contributed by atoms with Crippen molar-refractivity contribution >= 4 is 5.97 Å². The number of tetrazole rings is 1. The number of carbonyl (C=O) groups excluding carboxylic acids is 1. The highest BCUT2D eigenvalue weighted by atomic mass is 16.6. The summed E-state index contributed by atoms with van der Waals surface area (Å²) in [5.74, 6) is 0.347. The van der Waals surface area contributed by atoms with E-state index in [1.807, 2.05) is 30.3 Å². The molecule has 0 atom stereocenters. The first-order valence-electron chi connectivity index (χ1n) is 7.01. The molecular weight excluding hydrogens is 296 g/mol. The topological polar surface area (TPSA) is 79.1 Å². The maximum Gasteiger partial charge on any atom is 0.338 e. The van der Waals surface area contributed by atoms with Crippen LogP contribution >= 0.6 is 0 Å². The molecule has 2 aromatic carbocycles. The summed E-state index contributed by atoms with van der Waals surface area (Å²) in [6, 6.07) is 16.2. The van der Waals surface area contributed by atoms with Gasteiger partial charge in [-0.25, -0.2) is 9.48 Å². The third kappa shape index (κ3) is 3.91. The van der Waals surface area contributed by atoms with E-state index < -0.39 is 5.97 Å². The zero-order chi connectivity index (χ0) is 15.9. The van der Waals surface area contributed by atoms with Crippen LogP contribution < -0.4 is 4.74 Å². The summed E-state index contributed by atoms with van der Waals surface area (Å²) in [5, 5.41) is 10.9. The van der Waals surface area contributed by atoms with E-state index in [-0.39, 0.29) is 6.61 Å². The number of esters is 1. The first kappa shape index (κ1) is 14.7. The van der Waals surface area contributed by atoms with Crippen LogP contribution in [-0.2, 0) is 4.74 Å². The quantitative estimate of drug-likeness (QED) is 0.511. The third-order valence-corrected chi connectivity index (χ3v) is 3.04. The van der Waals surface area contributed by atoms with E-state index in [0.717, 1.165) is 11.4 Å². The second kappa shape index (κ2) is 7.17. The second-order valence-electron chi connectivity index (χ2n) is 4.60. The van der Waals surface area contributed by atoms with Crippen LogP contribution in [0.4, 0.5) is 0 Å². The fourth-order valence-electron chi connectivity index (χ4n) is 1.92. The van der Waals surface area contributed by atoms with E-state index in [4.69, 9.17) is 9.47 Å². The smallest absolute Gasteiger partial charge is 0.338 e. The summed E-state index contributed by atoms with van der Waals surface area (Å²) in [5.41, 5.74) is 1.22. The van der Waals surface area contributed by atoms with Crippen molar-refractivity contribution in [3.05, 3.63) is 66.5 Å². The minimum atomic E-state index is -0.398. The highest BCUT2D eigenvalue weighted by Gasteiger charge is 2.07. The van der Waals surface area contributed by atoms with Gasteiger partial charge in [0.2, 0.25) is 0 Å². The standard InChI is InChI=1S/C16H14N4O3/c21-16(23-11-10-22-15-4-2-1-3-5-15)13-6-8-14(9-7-13)20-12-17-18-19-20/h1-9,12H,10-11H2. The Balaban J connectivity index is 1.48. The van der Waals surface area contributed by atoms with Gasteiger partial charge in [0.25, 0.3) is 0 Å². The minimum absolute atomic E-state index is 0.183. The molecule has 3 rings (SSSR count). The van der Waals surface area contributed by atoms with Crippen molar-refractivity contribution in [1.29, 1.82) is 0 Å². The van der Waals surface area contributed by atoms with Crippen molar-refractivity contribution in [1.82, 2.24) is 20.2 Å². The number of ether oxygens (including phenoxy) is 2. The molecule has 0 fully saturated rings. The number of benzene rings is 2. The van der Waals surface area contributed by atoms with E-state index >= 15 is 0 Å². The zero-order valence-corrected chi connectivity index (χ0v) is 12.2. The molecule has 0 saturated heterocycles. The second-order valence-corrected chi connectivity index (χ2v) is 4.60. The number of hydrogen-bond acceptors (Lipinski definition) is 6. The fraction of sp³-hybridized carbons (Fsp3) is 0.125. The van der Waals surface area contributed by atoms with Crippen molar-refractivity contribution in [2.75, 3.05) is 13.2 Å². The average Bonchev–Trinajstić information content (AvgIpc) is 3.14. The molecule has 0 amide bonds. The first-order valence-corrected chi connectivity index (χ1v) is 7.01. The molecule has 0 bridgehead atoms. The van der Waals surface area contributed by atoms with E-state index in [1.165, 1.54) is 11.0 Å². The molecule has 0 aliphatic rings. The molecule has 3 aromatic rings. The minimum Gasteiger partial charge on any atom is -0.490 e. The highest BCUT2D eigenvalue weighted by Crippen LogP contribution is 2.10. The Bertz CT molecular complexity index is 743. The predicted molar refractivity (Wildman–Crippen MR) is 81.4 cm³/mol. The Labute approximate surface area is 132 Å². The first-order chi connectivity index (χ1) is 11.3. The van der Waals surface area contributed by atoms with Gasteiger partial charge in [0.05, 0.1) is 11.3 Å². The van der Waals surface area contributed by atoms with Crippen molar-refractivity contribution in [3.8, 4) is 11.4 Å². The molecular formula is C16H14N4O3. The van der Waals surface area contributed by atoms with Gasteiger partial charge in [-0.05, 0) is 46.8 Å². The SMILES string of the molecule is O=C(OCCOc1ccccc1)c1ccc(-n2cnnn2)cc1. The lowest BCUT2D eigenvalue weighted by atomic mass is 10.2. The van der Waals surface area contributed by atoms with Crippen LogP contribution in [0, 0.1) is 0 Å². The molecule has 23 heavy (non-hydrogen) atoms. The maximum absolute atomic E-state index is 11.9. The number of rotatable bonds is 6. The summed E-state index contributed by atoms with van der Waals surface area (Å²) in [6.45, 7) is 0.487. The Kier molecular flexibility index (Phi) is 4.58. The van der Waals surface area contributed by atoms with Gasteiger partial charge >= 0.3 is 5.97 Å². The molecule has 1 aromatic heterocycles. The largest absolute Gasteiger partial charge is 0.490 e. The van der Waals surface area contributed by atoms with Crippen LogP contribution in [-0.4, -0.2) is 39.4 Å². The summed E-state index contributed by atoms with van der Waals surface area (Å²) < 4.78 is 12.1. The molecule has 1 heterocycles. The summed E-state index contributed by atoms with van der Waals surface area (Å²) in [6.07, 6.45) is 1.48. The Morgan fingerprint density at radius 1 is 1.00 bits per heavy atom. The molecule has 0 unspecified atom stereocenters. The van der Waals surface area contributed by atoms with Gasteiger partial charge in [-0.1, -0.05) is 18.2 Å². The van der Waals surface area contributed by atoms with Crippen LogP contribution in [0.3, 0.4) is 0 Å². The normalized spacial score (nSPS) is 10.3. The van der Waals surface area contributed by atoms with E-state index in [1.54, 1.807) is 24.3 Å². The van der Waals surface area contributed by atoms with Gasteiger partial charge in [-0.2, -0.15) is 0 Å². The lowest BCUT2D eigenvalue weighted by molar-refractivity contribution is 0.0450. The van der Waals surface area contributed by atoms with Gasteiger partial charge < -0.3 is 9.47 Å². The molecule has 0 N–H and O–H groups in total. The van der Waals surface area contributed by atoms with Crippen LogP contribution in [0.1, 0.15) is 10.4 Å². The van der Waals surface area contributed by atoms with Gasteiger partial charge in [0.1, 0.15) is 25.3 Å². The number of carbonyl (C=O) groups is 1. The number of aromatic nitrogens is 4. The number of para-hydroxylation sites is 1. The van der Waals surface area contributed by atoms with Gasteiger partial charge in [0, 0.05) is 0 Å². The molecule has 0 radical (unpaired) electrons. The third-order valence-electron chi connectivity index (χ3n) is 3.04. The Morgan fingerprint density at radius 2 is 1.78 bits per heavy atom. The molecule has 7 nitrogen and oxygen atoms in total. The highest BCUT2D eigenvalue weighted by molar-refractivity contribution is 5.89. The Morgan fingerprint density at radius 3 is 2.48 bits per heavy atom. The van der Waals surface area contributed by atoms with Crippen LogP contribution in [0.2, 0.25) is 0 Å². The molecule has 0 aliphatic carbocycles. The van der Waals surface area contributed by atoms with Crippen molar-refractivity contribution in [3.63, 3.8) is 0 Å². The van der Waals surface area contributed by atoms with Crippen molar-refractivity contribution in [2.45, 2.75) is 0 Å². The molecule has 0 spiro atoms. The molecule has 0 aliphatic heterocycles. The summed E-state index contributed by atoms with van der Waals surface area (Å²) in [4.78, 5) is 11.9. The maximum atomic E-state index is 11.9. The van der Waals surface area contributed by atoms with Crippen LogP contribution in [0.5, 0.6) is 5.75 Å². The predicted octanol–water partition coefficient (Wildman–Crippen LogP) is 1.90. The van der Waals surface area contributed by atoms with Crippen molar-refractivity contribution < 1.29 is 14.3 Å². The van der Waals surface area contributed by atoms with Gasteiger partial charge in [-0.15, -0.1) is 5.10 Å². The monoisotopic (exact) mass is 310 g/mol. The van der Waals surface area contributed by atoms with E-state index in [0.29, 0.717) is 12.2 Å². The average molecular weight is 310 g/mol. The lowest BCUT2D eigenvalue weighted by Gasteiger charge is -2.07. The van der Waals surface area contributed by atoms with Crippen LogP contribution in [0.15, 0.2) is 60.9 Å². The van der Waals surface area contributed by atoms with E-state index in [9.17, 15) is 4.79 Å². The van der Waals surface area contributed by atoms with Gasteiger partial charge in [0.15, 0.2) is 0 Å². The zero-order valence-electron chi connectivity index (χ0n) is 12.2. The molecule has 7 heteroatoms. The van der Waals surface area contributed by atoms with E-state index in [2.05, 4.69) is 15.5 Å². The summed E-state index contributed by atoms with van der Waals surface area (Å²) in [7, 11) is 0. The van der Waals surface area contributed by atoms with Crippen LogP contribution in [0.25, 0.3) is 5.69 Å². The number of nitrogens with zero attached hydrogens (tertiary/aromatic N) is 4. The molecule has 116 valence electrons. The summed E-state index contributed by atoms with van der Waals surface area (Å²) >= 11 is 0. The lowest BCUT2D eigenvalue weighted by Crippen LogP contribution is -2.12. The Hall–Kier alpha value is -3.22. The van der Waals surface area contributed by atoms with Gasteiger partial charge in [-0.3, -0.25) is 0 Å². The molecule has 0 saturated carbocycles. The van der Waals surface area contributed by atoms with Crippen molar-refractivity contribution in [2.24, 2.45) is 0 Å². The fourth-order valence-corrected chi connectivity index (χ4v) is 1.92. The number of hydrogen-bond donors (Lipinski definition) is 0.